The third-order valence-electron chi connectivity index (χ3n) is 3.40. The zero-order chi connectivity index (χ0) is 18.7. The lowest BCUT2D eigenvalue weighted by Crippen LogP contribution is -2.06. The Balaban J connectivity index is 1.84. The molecule has 3 aromatic rings. The van der Waals surface area contributed by atoms with Crippen molar-refractivity contribution in [3.63, 3.8) is 0 Å². The molecule has 4 nitrogen and oxygen atoms in total. The van der Waals surface area contributed by atoms with Gasteiger partial charge in [-0.25, -0.2) is 9.37 Å². The predicted octanol–water partition coefficient (Wildman–Crippen LogP) is 5.43. The molecule has 0 bridgehead atoms. The summed E-state index contributed by atoms with van der Waals surface area (Å²) in [6.07, 6.45) is -4.44. The van der Waals surface area contributed by atoms with Gasteiger partial charge in [-0.2, -0.15) is 18.2 Å². The smallest absolute Gasteiger partial charge is 0.340 e. The maximum Gasteiger partial charge on any atom is 0.416 e. The van der Waals surface area contributed by atoms with Gasteiger partial charge in [-0.15, -0.1) is 0 Å². The van der Waals surface area contributed by atoms with Crippen LogP contribution in [0.3, 0.4) is 0 Å². The number of nitrogens with zero attached hydrogens (tertiary/aromatic N) is 2. The van der Waals surface area contributed by atoms with Crippen LogP contribution >= 0.6 is 0 Å². The van der Waals surface area contributed by atoms with E-state index in [1.165, 1.54) is 24.3 Å². The maximum absolute atomic E-state index is 13.3. The van der Waals surface area contributed by atoms with Gasteiger partial charge in [0, 0.05) is 23.1 Å². The Morgan fingerprint density at radius 2 is 1.54 bits per heavy atom. The molecule has 2 N–H and O–H groups in total. The molecule has 0 aliphatic heterocycles. The van der Waals surface area contributed by atoms with Gasteiger partial charge in [-0.3, -0.25) is 0 Å². The van der Waals surface area contributed by atoms with Crippen molar-refractivity contribution in [3.05, 3.63) is 71.7 Å². The van der Waals surface area contributed by atoms with Gasteiger partial charge in [0.1, 0.15) is 11.6 Å². The SMILES string of the molecule is Cc1cc(Nc2cccc(F)c2)nc(Nc2cccc(C(F)(F)F)c2)n1. The van der Waals surface area contributed by atoms with Crippen molar-refractivity contribution in [1.29, 1.82) is 0 Å². The van der Waals surface area contributed by atoms with E-state index < -0.39 is 17.6 Å². The maximum atomic E-state index is 13.3. The molecule has 134 valence electrons. The van der Waals surface area contributed by atoms with Crippen LogP contribution in [-0.4, -0.2) is 9.97 Å². The van der Waals surface area contributed by atoms with E-state index in [0.29, 0.717) is 17.2 Å². The topological polar surface area (TPSA) is 49.8 Å². The van der Waals surface area contributed by atoms with Crippen LogP contribution in [-0.2, 0) is 6.18 Å². The molecular formula is C18H14F4N4. The van der Waals surface area contributed by atoms with E-state index in [0.717, 1.165) is 12.1 Å². The average Bonchev–Trinajstić information content (AvgIpc) is 2.53. The van der Waals surface area contributed by atoms with Crippen molar-refractivity contribution < 1.29 is 17.6 Å². The molecule has 26 heavy (non-hydrogen) atoms. The Labute approximate surface area is 146 Å². The summed E-state index contributed by atoms with van der Waals surface area (Å²) in [4.78, 5) is 8.37. The van der Waals surface area contributed by atoms with E-state index in [1.807, 2.05) is 0 Å². The number of anilines is 4. The minimum atomic E-state index is -4.44. The number of rotatable bonds is 4. The lowest BCUT2D eigenvalue weighted by atomic mass is 10.2. The Morgan fingerprint density at radius 1 is 0.846 bits per heavy atom. The minimum absolute atomic E-state index is 0.128. The highest BCUT2D eigenvalue weighted by molar-refractivity contribution is 5.60. The third-order valence-corrected chi connectivity index (χ3v) is 3.40. The molecule has 0 unspecified atom stereocenters. The van der Waals surface area contributed by atoms with Crippen LogP contribution in [0.25, 0.3) is 0 Å². The third kappa shape index (κ3) is 4.47. The number of hydrogen-bond donors (Lipinski definition) is 2. The highest BCUT2D eigenvalue weighted by Gasteiger charge is 2.30. The summed E-state index contributed by atoms with van der Waals surface area (Å²) in [6, 6.07) is 12.2. The molecular weight excluding hydrogens is 348 g/mol. The Hall–Kier alpha value is -3.16. The summed E-state index contributed by atoms with van der Waals surface area (Å²) in [6.45, 7) is 1.72. The van der Waals surface area contributed by atoms with E-state index in [1.54, 1.807) is 25.1 Å². The molecule has 0 spiro atoms. The van der Waals surface area contributed by atoms with Gasteiger partial charge in [0.2, 0.25) is 5.95 Å². The van der Waals surface area contributed by atoms with Crippen molar-refractivity contribution in [2.24, 2.45) is 0 Å². The Morgan fingerprint density at radius 3 is 2.23 bits per heavy atom. The number of alkyl halides is 3. The fourth-order valence-corrected chi connectivity index (χ4v) is 2.30. The first-order valence-electron chi connectivity index (χ1n) is 7.62. The standard InChI is InChI=1S/C18H14F4N4/c1-11-8-16(24-15-7-3-5-13(19)10-15)26-17(23-11)25-14-6-2-4-12(9-14)18(20,21)22/h2-10H,1H3,(H2,23,24,25,26). The highest BCUT2D eigenvalue weighted by atomic mass is 19.4. The van der Waals surface area contributed by atoms with Gasteiger partial charge >= 0.3 is 6.18 Å². The molecule has 0 fully saturated rings. The summed E-state index contributed by atoms with van der Waals surface area (Å²) >= 11 is 0. The van der Waals surface area contributed by atoms with Crippen molar-refractivity contribution in [2.75, 3.05) is 10.6 Å². The van der Waals surface area contributed by atoms with Crippen molar-refractivity contribution in [2.45, 2.75) is 13.1 Å². The second kappa shape index (κ2) is 6.99. The minimum Gasteiger partial charge on any atom is -0.340 e. The molecule has 2 aromatic carbocycles. The molecule has 0 amide bonds. The molecule has 8 heteroatoms. The Bertz CT molecular complexity index is 925. The summed E-state index contributed by atoms with van der Waals surface area (Å²) in [7, 11) is 0. The van der Waals surface area contributed by atoms with Crippen LogP contribution in [0.1, 0.15) is 11.3 Å². The molecule has 0 aliphatic rings. The largest absolute Gasteiger partial charge is 0.416 e. The van der Waals surface area contributed by atoms with E-state index in [9.17, 15) is 17.6 Å². The van der Waals surface area contributed by atoms with Crippen LogP contribution in [0.2, 0.25) is 0 Å². The van der Waals surface area contributed by atoms with Crippen molar-refractivity contribution in [3.8, 4) is 0 Å². The van der Waals surface area contributed by atoms with E-state index in [2.05, 4.69) is 20.6 Å². The number of hydrogen-bond acceptors (Lipinski definition) is 4. The first-order valence-corrected chi connectivity index (χ1v) is 7.62. The van der Waals surface area contributed by atoms with E-state index in [4.69, 9.17) is 0 Å². The molecule has 1 heterocycles. The van der Waals surface area contributed by atoms with Crippen LogP contribution in [0.5, 0.6) is 0 Å². The first-order chi connectivity index (χ1) is 12.3. The number of benzene rings is 2. The number of aromatic nitrogens is 2. The van der Waals surface area contributed by atoms with Crippen molar-refractivity contribution >= 4 is 23.1 Å². The fraction of sp³-hybridized carbons (Fsp3) is 0.111. The zero-order valence-electron chi connectivity index (χ0n) is 13.6. The van der Waals surface area contributed by atoms with Crippen LogP contribution < -0.4 is 10.6 Å². The summed E-state index contributed by atoms with van der Waals surface area (Å²) in [5.41, 5.74) is 0.525. The summed E-state index contributed by atoms with van der Waals surface area (Å²) in [5, 5.41) is 5.69. The van der Waals surface area contributed by atoms with E-state index in [-0.39, 0.29) is 11.6 Å². The zero-order valence-corrected chi connectivity index (χ0v) is 13.6. The van der Waals surface area contributed by atoms with Gasteiger partial charge < -0.3 is 10.6 Å². The predicted molar refractivity (Wildman–Crippen MR) is 91.2 cm³/mol. The molecule has 0 saturated heterocycles. The number of nitrogens with one attached hydrogen (secondary N) is 2. The van der Waals surface area contributed by atoms with Gasteiger partial charge in [-0.1, -0.05) is 12.1 Å². The monoisotopic (exact) mass is 362 g/mol. The molecule has 0 aliphatic carbocycles. The quantitative estimate of drug-likeness (QED) is 0.608. The molecule has 3 rings (SSSR count). The van der Waals surface area contributed by atoms with Gasteiger partial charge in [0.15, 0.2) is 0 Å². The molecule has 0 saturated carbocycles. The summed E-state index contributed by atoms with van der Waals surface area (Å²) in [5.74, 6) is 0.115. The van der Waals surface area contributed by atoms with Gasteiger partial charge in [-0.05, 0) is 43.3 Å². The Kier molecular flexibility index (Phi) is 4.75. The van der Waals surface area contributed by atoms with E-state index >= 15 is 0 Å². The number of halogens is 4. The molecule has 0 radical (unpaired) electrons. The molecule has 1 aromatic heterocycles. The molecule has 0 atom stereocenters. The van der Waals surface area contributed by atoms with Gasteiger partial charge in [0.05, 0.1) is 5.56 Å². The van der Waals surface area contributed by atoms with Crippen molar-refractivity contribution in [1.82, 2.24) is 9.97 Å². The first kappa shape index (κ1) is 17.7. The number of aryl methyl sites for hydroxylation is 1. The van der Waals surface area contributed by atoms with Gasteiger partial charge in [0.25, 0.3) is 0 Å². The van der Waals surface area contributed by atoms with Crippen LogP contribution in [0.15, 0.2) is 54.6 Å². The second-order valence-electron chi connectivity index (χ2n) is 5.56. The average molecular weight is 362 g/mol. The summed E-state index contributed by atoms with van der Waals surface area (Å²) < 4.78 is 51.7. The lowest BCUT2D eigenvalue weighted by molar-refractivity contribution is -0.137. The normalized spacial score (nSPS) is 11.3. The fourth-order valence-electron chi connectivity index (χ4n) is 2.30. The van der Waals surface area contributed by atoms with Crippen LogP contribution in [0, 0.1) is 12.7 Å². The van der Waals surface area contributed by atoms with Crippen LogP contribution in [0.4, 0.5) is 40.7 Å². The highest BCUT2D eigenvalue weighted by Crippen LogP contribution is 2.31. The second-order valence-corrected chi connectivity index (χ2v) is 5.56. The lowest BCUT2D eigenvalue weighted by Gasteiger charge is -2.12.